The summed E-state index contributed by atoms with van der Waals surface area (Å²) in [6.45, 7) is 5.80. The fourth-order valence-electron chi connectivity index (χ4n) is 1.49. The van der Waals surface area contributed by atoms with Crippen LogP contribution in [0.5, 0.6) is 0 Å². The molecule has 1 aromatic carbocycles. The van der Waals surface area contributed by atoms with Crippen LogP contribution in [0.3, 0.4) is 0 Å². The second-order valence-corrected chi connectivity index (χ2v) is 5.91. The fourth-order valence-corrected chi connectivity index (χ4v) is 2.03. The molecule has 0 aliphatic heterocycles. The van der Waals surface area contributed by atoms with Crippen LogP contribution in [0.15, 0.2) is 18.2 Å². The zero-order valence-corrected chi connectivity index (χ0v) is 11.2. The Morgan fingerprint density at radius 2 is 1.56 bits per heavy atom. The van der Waals surface area contributed by atoms with Crippen molar-refractivity contribution < 1.29 is 5.11 Å². The van der Waals surface area contributed by atoms with Crippen molar-refractivity contribution in [1.29, 1.82) is 0 Å². The summed E-state index contributed by atoms with van der Waals surface area (Å²) in [4.78, 5) is 0. The normalized spacial score (nSPS) is 15.9. The molecule has 0 heterocycles. The zero-order chi connectivity index (χ0) is 12.5. The largest absolute Gasteiger partial charge is 0.391 e. The maximum Gasteiger partial charge on any atom is 0.0780 e. The lowest BCUT2D eigenvalue weighted by atomic mass is 9.82. The van der Waals surface area contributed by atoms with Gasteiger partial charge in [-0.2, -0.15) is 0 Å². The molecule has 0 saturated heterocycles. The molecule has 4 heteroatoms. The summed E-state index contributed by atoms with van der Waals surface area (Å²) in [6, 6.07) is 4.61. The summed E-state index contributed by atoms with van der Waals surface area (Å²) >= 11 is 11.8. The van der Waals surface area contributed by atoms with Gasteiger partial charge in [0.15, 0.2) is 0 Å². The Bertz CT molecular complexity index is 354. The highest BCUT2D eigenvalue weighted by Gasteiger charge is 2.29. The molecule has 0 aliphatic rings. The monoisotopic (exact) mass is 261 g/mol. The lowest BCUT2D eigenvalue weighted by Gasteiger charge is -2.31. The number of hydrogen-bond donors (Lipinski definition) is 2. The van der Waals surface area contributed by atoms with E-state index in [0.29, 0.717) is 10.0 Å². The molecule has 0 aromatic heterocycles. The van der Waals surface area contributed by atoms with Crippen molar-refractivity contribution in [2.75, 3.05) is 0 Å². The topological polar surface area (TPSA) is 46.2 Å². The molecular formula is C12H17Cl2NO. The molecule has 0 saturated carbocycles. The van der Waals surface area contributed by atoms with E-state index in [9.17, 15) is 5.11 Å². The van der Waals surface area contributed by atoms with Gasteiger partial charge in [-0.15, -0.1) is 0 Å². The van der Waals surface area contributed by atoms with Crippen molar-refractivity contribution in [1.82, 2.24) is 0 Å². The van der Waals surface area contributed by atoms with Crippen LogP contribution in [-0.2, 0) is 0 Å². The minimum absolute atomic E-state index is 0.284. The van der Waals surface area contributed by atoms with Gasteiger partial charge >= 0.3 is 0 Å². The summed E-state index contributed by atoms with van der Waals surface area (Å²) in [7, 11) is 0. The van der Waals surface area contributed by atoms with Gasteiger partial charge in [0, 0.05) is 10.0 Å². The van der Waals surface area contributed by atoms with Gasteiger partial charge in [-0.25, -0.2) is 0 Å². The number of aliphatic hydroxyl groups excluding tert-OH is 1. The van der Waals surface area contributed by atoms with E-state index in [4.69, 9.17) is 28.9 Å². The van der Waals surface area contributed by atoms with Crippen LogP contribution in [0.25, 0.3) is 0 Å². The molecule has 0 fully saturated rings. The number of hydrogen-bond acceptors (Lipinski definition) is 2. The van der Waals surface area contributed by atoms with Crippen LogP contribution in [0.4, 0.5) is 0 Å². The number of benzene rings is 1. The minimum atomic E-state index is -0.651. The van der Waals surface area contributed by atoms with E-state index < -0.39 is 12.1 Å². The third-order valence-electron chi connectivity index (χ3n) is 2.50. The van der Waals surface area contributed by atoms with Crippen molar-refractivity contribution in [3.63, 3.8) is 0 Å². The van der Waals surface area contributed by atoms with Gasteiger partial charge in [-0.1, -0.05) is 44.0 Å². The Kier molecular flexibility index (Phi) is 4.24. The predicted molar refractivity (Wildman–Crippen MR) is 68.9 cm³/mol. The molecule has 0 aliphatic carbocycles. The summed E-state index contributed by atoms with van der Waals surface area (Å²) in [6.07, 6.45) is -0.651. The summed E-state index contributed by atoms with van der Waals surface area (Å²) < 4.78 is 0. The number of rotatable bonds is 2. The number of halogens is 2. The van der Waals surface area contributed by atoms with Gasteiger partial charge in [0.1, 0.15) is 0 Å². The fraction of sp³-hybridized carbons (Fsp3) is 0.500. The molecule has 0 spiro atoms. The highest BCUT2D eigenvalue weighted by atomic mass is 35.5. The molecule has 3 N–H and O–H groups in total. The van der Waals surface area contributed by atoms with Crippen molar-refractivity contribution in [3.8, 4) is 0 Å². The number of aliphatic hydroxyl groups is 1. The Morgan fingerprint density at radius 1 is 1.12 bits per heavy atom. The van der Waals surface area contributed by atoms with Crippen molar-refractivity contribution in [2.24, 2.45) is 11.1 Å². The highest BCUT2D eigenvalue weighted by Crippen LogP contribution is 2.31. The minimum Gasteiger partial charge on any atom is -0.391 e. The Morgan fingerprint density at radius 3 is 1.94 bits per heavy atom. The van der Waals surface area contributed by atoms with E-state index in [-0.39, 0.29) is 5.41 Å². The molecule has 90 valence electrons. The second kappa shape index (κ2) is 4.92. The van der Waals surface area contributed by atoms with Crippen LogP contribution in [0.2, 0.25) is 10.0 Å². The summed E-state index contributed by atoms with van der Waals surface area (Å²) in [5.41, 5.74) is 6.46. The lowest BCUT2D eigenvalue weighted by Crippen LogP contribution is -2.36. The first-order valence-corrected chi connectivity index (χ1v) is 5.87. The molecule has 0 radical (unpaired) electrons. The van der Waals surface area contributed by atoms with E-state index >= 15 is 0 Å². The molecular weight excluding hydrogens is 245 g/mol. The summed E-state index contributed by atoms with van der Waals surface area (Å²) in [5.74, 6) is 0. The van der Waals surface area contributed by atoms with Gasteiger partial charge in [-0.05, 0) is 29.2 Å². The van der Waals surface area contributed by atoms with Gasteiger partial charge in [0.05, 0.1) is 12.1 Å². The molecule has 16 heavy (non-hydrogen) atoms. The molecule has 2 atom stereocenters. The van der Waals surface area contributed by atoms with Crippen LogP contribution in [0.1, 0.15) is 32.4 Å². The third-order valence-corrected chi connectivity index (χ3v) is 2.93. The van der Waals surface area contributed by atoms with Gasteiger partial charge in [0.25, 0.3) is 0 Å². The maximum atomic E-state index is 10.1. The maximum absolute atomic E-state index is 10.1. The average molecular weight is 262 g/mol. The second-order valence-electron chi connectivity index (χ2n) is 5.04. The molecule has 2 nitrogen and oxygen atoms in total. The number of nitrogens with two attached hydrogens (primary N) is 1. The molecule has 1 aromatic rings. The van der Waals surface area contributed by atoms with E-state index in [0.717, 1.165) is 5.56 Å². The van der Waals surface area contributed by atoms with Gasteiger partial charge < -0.3 is 10.8 Å². The molecule has 1 rings (SSSR count). The van der Waals surface area contributed by atoms with Gasteiger partial charge in [0.2, 0.25) is 0 Å². The van der Waals surface area contributed by atoms with Crippen LogP contribution in [0, 0.1) is 5.41 Å². The summed E-state index contributed by atoms with van der Waals surface area (Å²) in [5, 5.41) is 11.1. The quantitative estimate of drug-likeness (QED) is 0.858. The van der Waals surface area contributed by atoms with Crippen LogP contribution >= 0.6 is 23.2 Å². The zero-order valence-electron chi connectivity index (χ0n) is 9.67. The van der Waals surface area contributed by atoms with Crippen LogP contribution in [-0.4, -0.2) is 11.2 Å². The lowest BCUT2D eigenvalue weighted by molar-refractivity contribution is 0.0401. The van der Waals surface area contributed by atoms with Gasteiger partial charge in [-0.3, -0.25) is 0 Å². The van der Waals surface area contributed by atoms with E-state index in [1.807, 2.05) is 20.8 Å². The highest BCUT2D eigenvalue weighted by molar-refractivity contribution is 6.34. The first kappa shape index (κ1) is 13.8. The van der Waals surface area contributed by atoms with Crippen molar-refractivity contribution in [3.05, 3.63) is 33.8 Å². The van der Waals surface area contributed by atoms with Crippen molar-refractivity contribution in [2.45, 2.75) is 32.9 Å². The van der Waals surface area contributed by atoms with E-state index in [2.05, 4.69) is 0 Å². The molecule has 0 bridgehead atoms. The predicted octanol–water partition coefficient (Wildman–Crippen LogP) is 3.40. The first-order valence-electron chi connectivity index (χ1n) is 5.11. The third kappa shape index (κ3) is 3.36. The standard InChI is InChI=1S/C12H17Cl2NO/c1-12(2,3)11(16)10(15)7-4-8(13)6-9(14)5-7/h4-6,10-11,16H,15H2,1-3H3/t10-,11-/m0/s1. The SMILES string of the molecule is CC(C)(C)[C@@H](O)[C@@H](N)c1cc(Cl)cc(Cl)c1. The molecule has 0 unspecified atom stereocenters. The smallest absolute Gasteiger partial charge is 0.0780 e. The first-order chi connectivity index (χ1) is 7.21. The Labute approximate surface area is 106 Å². The van der Waals surface area contributed by atoms with E-state index in [1.54, 1.807) is 18.2 Å². The average Bonchev–Trinajstić information content (AvgIpc) is 2.12. The Hall–Kier alpha value is -0.280. The Balaban J connectivity index is 3.00. The van der Waals surface area contributed by atoms with Crippen molar-refractivity contribution >= 4 is 23.2 Å². The molecule has 0 amide bonds. The van der Waals surface area contributed by atoms with Crippen LogP contribution < -0.4 is 5.73 Å². The van der Waals surface area contributed by atoms with E-state index in [1.165, 1.54) is 0 Å².